The van der Waals surface area contributed by atoms with Crippen molar-refractivity contribution in [1.29, 1.82) is 0 Å². The van der Waals surface area contributed by atoms with Crippen molar-refractivity contribution in [1.82, 2.24) is 9.80 Å². The smallest absolute Gasteiger partial charge is 0.248 e. The molecule has 0 radical (unpaired) electrons. The number of carbonyl (C=O) groups excluding carboxylic acids is 1. The molecular formula is C10H18N2O. The van der Waals surface area contributed by atoms with Crippen molar-refractivity contribution in [3.05, 3.63) is 12.2 Å². The molecule has 74 valence electrons. The first-order valence-corrected chi connectivity index (χ1v) is 4.67. The molecule has 1 rings (SSSR count). The number of piperazine rings is 1. The molecule has 1 saturated heterocycles. The molecule has 1 fully saturated rings. The van der Waals surface area contributed by atoms with Gasteiger partial charge in [0.15, 0.2) is 0 Å². The number of rotatable bonds is 1. The van der Waals surface area contributed by atoms with Crippen molar-refractivity contribution in [2.45, 2.75) is 19.9 Å². The molecule has 3 nitrogen and oxygen atoms in total. The summed E-state index contributed by atoms with van der Waals surface area (Å²) in [4.78, 5) is 15.7. The largest absolute Gasteiger partial charge is 0.336 e. The van der Waals surface area contributed by atoms with E-state index in [1.54, 1.807) is 6.92 Å². The summed E-state index contributed by atoms with van der Waals surface area (Å²) in [5, 5.41) is 0. The van der Waals surface area contributed by atoms with E-state index in [0.29, 0.717) is 11.6 Å². The van der Waals surface area contributed by atoms with E-state index < -0.39 is 0 Å². The van der Waals surface area contributed by atoms with E-state index in [1.807, 2.05) is 4.90 Å². The van der Waals surface area contributed by atoms with E-state index in [0.717, 1.165) is 19.6 Å². The fourth-order valence-electron chi connectivity index (χ4n) is 1.50. The number of hydrogen-bond donors (Lipinski definition) is 0. The van der Waals surface area contributed by atoms with Crippen LogP contribution in [0.1, 0.15) is 13.8 Å². The summed E-state index contributed by atoms with van der Waals surface area (Å²) in [5.41, 5.74) is 0.636. The quantitative estimate of drug-likeness (QED) is 0.558. The van der Waals surface area contributed by atoms with Crippen LogP contribution in [0.3, 0.4) is 0 Å². The predicted octanol–water partition coefficient (Wildman–Crippen LogP) is 0.725. The molecule has 0 aliphatic carbocycles. The zero-order valence-electron chi connectivity index (χ0n) is 8.71. The Bertz CT molecular complexity index is 225. The molecule has 0 N–H and O–H groups in total. The molecule has 1 atom stereocenters. The summed E-state index contributed by atoms with van der Waals surface area (Å²) in [6.07, 6.45) is 0. The van der Waals surface area contributed by atoms with Gasteiger partial charge in [-0.1, -0.05) is 6.58 Å². The van der Waals surface area contributed by atoms with Crippen LogP contribution < -0.4 is 0 Å². The third-order valence-corrected chi connectivity index (χ3v) is 2.61. The van der Waals surface area contributed by atoms with Gasteiger partial charge in [0.2, 0.25) is 5.91 Å². The van der Waals surface area contributed by atoms with Gasteiger partial charge in [-0.2, -0.15) is 0 Å². The van der Waals surface area contributed by atoms with Crippen molar-refractivity contribution in [2.24, 2.45) is 0 Å². The third-order valence-electron chi connectivity index (χ3n) is 2.61. The first-order chi connectivity index (χ1) is 6.02. The Labute approximate surface area is 80.0 Å². The van der Waals surface area contributed by atoms with Crippen molar-refractivity contribution in [2.75, 3.05) is 26.7 Å². The number of likely N-dealkylation sites (N-methyl/N-ethyl adjacent to an activating group) is 1. The molecule has 0 saturated carbocycles. The Morgan fingerprint density at radius 1 is 1.46 bits per heavy atom. The maximum Gasteiger partial charge on any atom is 0.248 e. The van der Waals surface area contributed by atoms with Crippen molar-refractivity contribution >= 4 is 5.91 Å². The molecule has 0 bridgehead atoms. The topological polar surface area (TPSA) is 23.6 Å². The zero-order valence-corrected chi connectivity index (χ0v) is 8.71. The van der Waals surface area contributed by atoms with Crippen LogP contribution in [0.25, 0.3) is 0 Å². The van der Waals surface area contributed by atoms with Crippen LogP contribution in [0.2, 0.25) is 0 Å². The molecular weight excluding hydrogens is 164 g/mol. The van der Waals surface area contributed by atoms with Gasteiger partial charge in [0.25, 0.3) is 0 Å². The lowest BCUT2D eigenvalue weighted by Crippen LogP contribution is -2.52. The molecule has 1 aliphatic heterocycles. The van der Waals surface area contributed by atoms with E-state index in [2.05, 4.69) is 25.5 Å². The Balaban J connectivity index is 2.55. The maximum atomic E-state index is 11.6. The Morgan fingerprint density at radius 2 is 2.08 bits per heavy atom. The molecule has 0 unspecified atom stereocenters. The minimum absolute atomic E-state index is 0.0972. The molecule has 0 aromatic carbocycles. The number of nitrogens with zero attached hydrogens (tertiary/aromatic N) is 2. The van der Waals surface area contributed by atoms with Gasteiger partial charge in [0.1, 0.15) is 0 Å². The molecule has 1 aliphatic rings. The highest BCUT2D eigenvalue weighted by molar-refractivity contribution is 5.92. The van der Waals surface area contributed by atoms with Crippen LogP contribution in [0.15, 0.2) is 12.2 Å². The number of hydrogen-bond acceptors (Lipinski definition) is 2. The minimum atomic E-state index is 0.0972. The number of amides is 1. The second kappa shape index (κ2) is 3.92. The normalized spacial score (nSPS) is 24.5. The van der Waals surface area contributed by atoms with Crippen LogP contribution in [-0.2, 0) is 4.79 Å². The monoisotopic (exact) mass is 182 g/mol. The molecule has 3 heteroatoms. The van der Waals surface area contributed by atoms with E-state index >= 15 is 0 Å². The summed E-state index contributed by atoms with van der Waals surface area (Å²) < 4.78 is 0. The summed E-state index contributed by atoms with van der Waals surface area (Å²) >= 11 is 0. The highest BCUT2D eigenvalue weighted by Gasteiger charge is 2.23. The van der Waals surface area contributed by atoms with Crippen molar-refractivity contribution in [3.8, 4) is 0 Å². The third kappa shape index (κ3) is 2.31. The number of carbonyl (C=O) groups is 1. The van der Waals surface area contributed by atoms with E-state index in [9.17, 15) is 4.79 Å². The van der Waals surface area contributed by atoms with Gasteiger partial charge < -0.3 is 9.80 Å². The zero-order chi connectivity index (χ0) is 10.0. The van der Waals surface area contributed by atoms with Gasteiger partial charge in [-0.3, -0.25) is 4.79 Å². The van der Waals surface area contributed by atoms with Gasteiger partial charge in [0.05, 0.1) is 0 Å². The molecule has 0 spiro atoms. The average molecular weight is 182 g/mol. The van der Waals surface area contributed by atoms with E-state index in [1.165, 1.54) is 0 Å². The Morgan fingerprint density at radius 3 is 2.54 bits per heavy atom. The standard InChI is InChI=1S/C10H18N2O/c1-8(2)10(13)12-6-5-11(4)9(3)7-12/h9H,1,5-7H2,2-4H3/t9-/m0/s1. The van der Waals surface area contributed by atoms with Crippen LogP contribution in [0.5, 0.6) is 0 Å². The maximum absolute atomic E-state index is 11.6. The van der Waals surface area contributed by atoms with Crippen LogP contribution in [0.4, 0.5) is 0 Å². The first-order valence-electron chi connectivity index (χ1n) is 4.67. The van der Waals surface area contributed by atoms with Crippen molar-refractivity contribution in [3.63, 3.8) is 0 Å². The van der Waals surface area contributed by atoms with Crippen molar-refractivity contribution < 1.29 is 4.79 Å². The fraction of sp³-hybridized carbons (Fsp3) is 0.700. The Hall–Kier alpha value is -0.830. The highest BCUT2D eigenvalue weighted by atomic mass is 16.2. The second-order valence-corrected chi connectivity index (χ2v) is 3.86. The summed E-state index contributed by atoms with van der Waals surface area (Å²) in [5.74, 6) is 0.0972. The lowest BCUT2D eigenvalue weighted by molar-refractivity contribution is -0.129. The van der Waals surface area contributed by atoms with Gasteiger partial charge in [-0.05, 0) is 20.9 Å². The summed E-state index contributed by atoms with van der Waals surface area (Å²) in [7, 11) is 2.09. The van der Waals surface area contributed by atoms with Gasteiger partial charge in [-0.25, -0.2) is 0 Å². The molecule has 0 aromatic rings. The molecule has 1 amide bonds. The average Bonchev–Trinajstić information content (AvgIpc) is 2.08. The lowest BCUT2D eigenvalue weighted by Gasteiger charge is -2.37. The fourth-order valence-corrected chi connectivity index (χ4v) is 1.50. The first kappa shape index (κ1) is 10.3. The summed E-state index contributed by atoms with van der Waals surface area (Å²) in [6.45, 7) is 10.2. The molecule has 1 heterocycles. The van der Waals surface area contributed by atoms with Gasteiger partial charge in [-0.15, -0.1) is 0 Å². The molecule has 0 aromatic heterocycles. The second-order valence-electron chi connectivity index (χ2n) is 3.86. The van der Waals surface area contributed by atoms with Gasteiger partial charge in [0, 0.05) is 31.2 Å². The highest BCUT2D eigenvalue weighted by Crippen LogP contribution is 2.09. The predicted molar refractivity (Wildman–Crippen MR) is 53.5 cm³/mol. The van der Waals surface area contributed by atoms with E-state index in [4.69, 9.17) is 0 Å². The van der Waals surface area contributed by atoms with Crippen LogP contribution in [-0.4, -0.2) is 48.4 Å². The van der Waals surface area contributed by atoms with Crippen LogP contribution >= 0.6 is 0 Å². The van der Waals surface area contributed by atoms with E-state index in [-0.39, 0.29) is 5.91 Å². The summed E-state index contributed by atoms with van der Waals surface area (Å²) in [6, 6.07) is 0.456. The molecule has 13 heavy (non-hydrogen) atoms. The minimum Gasteiger partial charge on any atom is -0.336 e. The Kier molecular flexibility index (Phi) is 3.09. The van der Waals surface area contributed by atoms with Gasteiger partial charge >= 0.3 is 0 Å². The lowest BCUT2D eigenvalue weighted by atomic mass is 10.2. The van der Waals surface area contributed by atoms with Crippen LogP contribution in [0, 0.1) is 0 Å². The SMILES string of the molecule is C=C(C)C(=O)N1CCN(C)[C@@H](C)C1.